The normalized spacial score (nSPS) is 18.1. The molecule has 0 bridgehead atoms. The number of benzene rings is 2. The van der Waals surface area contributed by atoms with Crippen molar-refractivity contribution in [2.24, 2.45) is 0 Å². The van der Waals surface area contributed by atoms with Crippen molar-refractivity contribution in [3.05, 3.63) is 65.5 Å². The van der Waals surface area contributed by atoms with Gasteiger partial charge in [0.15, 0.2) is 0 Å². The molecule has 4 heteroatoms. The van der Waals surface area contributed by atoms with Crippen molar-refractivity contribution in [2.45, 2.75) is 31.8 Å². The van der Waals surface area contributed by atoms with E-state index < -0.39 is 0 Å². The number of hydrogen-bond donors (Lipinski definition) is 1. The Balaban J connectivity index is 1.36. The molecule has 0 aliphatic carbocycles. The number of halogens is 1. The number of aliphatic hydroxyl groups excluding tert-OH is 1. The number of ether oxygens (including phenoxy) is 1. The topological polar surface area (TPSA) is 32.7 Å². The second-order valence-electron chi connectivity index (χ2n) is 7.11. The van der Waals surface area contributed by atoms with Crippen LogP contribution in [0.3, 0.4) is 0 Å². The van der Waals surface area contributed by atoms with Crippen LogP contribution in [-0.2, 0) is 0 Å². The first kappa shape index (κ1) is 19.6. The maximum Gasteiger partial charge on any atom is 0.123 e. The molecule has 3 rings (SSSR count). The summed E-state index contributed by atoms with van der Waals surface area (Å²) in [6.07, 6.45) is 7.96. The van der Waals surface area contributed by atoms with E-state index in [2.05, 4.69) is 4.90 Å². The van der Waals surface area contributed by atoms with Crippen LogP contribution in [0.5, 0.6) is 5.75 Å². The first-order valence-corrected chi connectivity index (χ1v) is 9.76. The Labute approximate surface area is 161 Å². The minimum absolute atomic E-state index is 0.148. The van der Waals surface area contributed by atoms with E-state index in [-0.39, 0.29) is 11.9 Å². The average molecular weight is 369 g/mol. The Morgan fingerprint density at radius 3 is 2.33 bits per heavy atom. The van der Waals surface area contributed by atoms with Gasteiger partial charge in [0, 0.05) is 6.54 Å². The van der Waals surface area contributed by atoms with Crippen molar-refractivity contribution in [2.75, 3.05) is 26.2 Å². The van der Waals surface area contributed by atoms with Crippen molar-refractivity contribution in [1.29, 1.82) is 0 Å². The van der Waals surface area contributed by atoms with Gasteiger partial charge >= 0.3 is 0 Å². The van der Waals surface area contributed by atoms with Gasteiger partial charge in [0.2, 0.25) is 0 Å². The zero-order chi connectivity index (χ0) is 18.9. The minimum Gasteiger partial charge on any atom is -0.494 e. The van der Waals surface area contributed by atoms with Crippen molar-refractivity contribution < 1.29 is 14.2 Å². The number of likely N-dealkylation sites (tertiary alicyclic amines) is 1. The number of nitrogens with zero attached hydrogens (tertiary/aromatic N) is 1. The predicted octanol–water partition coefficient (Wildman–Crippen LogP) is 4.61. The number of unbranched alkanes of at least 4 members (excludes halogenated alkanes) is 1. The lowest BCUT2D eigenvalue weighted by Crippen LogP contribution is -2.38. The van der Waals surface area contributed by atoms with Crippen LogP contribution >= 0.6 is 0 Å². The summed E-state index contributed by atoms with van der Waals surface area (Å²) >= 11 is 0. The van der Waals surface area contributed by atoms with Crippen LogP contribution in [0.2, 0.25) is 0 Å². The molecule has 1 N–H and O–H groups in total. The first-order chi connectivity index (χ1) is 13.2. The molecule has 1 unspecified atom stereocenters. The maximum atomic E-state index is 12.9. The van der Waals surface area contributed by atoms with Gasteiger partial charge in [-0.25, -0.2) is 4.39 Å². The summed E-state index contributed by atoms with van der Waals surface area (Å²) in [5, 5.41) is 9.68. The Hall–Kier alpha value is -2.17. The summed E-state index contributed by atoms with van der Waals surface area (Å²) < 4.78 is 18.7. The predicted molar refractivity (Wildman–Crippen MR) is 108 cm³/mol. The molecule has 1 aliphatic rings. The zero-order valence-electron chi connectivity index (χ0n) is 15.7. The Kier molecular flexibility index (Phi) is 7.43. The van der Waals surface area contributed by atoms with Gasteiger partial charge in [-0.1, -0.05) is 36.4 Å². The molecule has 0 saturated carbocycles. The molecular weight excluding hydrogens is 341 g/mol. The van der Waals surface area contributed by atoms with Gasteiger partial charge in [-0.3, -0.25) is 0 Å². The summed E-state index contributed by atoms with van der Waals surface area (Å²) in [7, 11) is 0. The highest BCUT2D eigenvalue weighted by Crippen LogP contribution is 2.16. The lowest BCUT2D eigenvalue weighted by atomic mass is 10.1. The van der Waals surface area contributed by atoms with Crippen LogP contribution in [0, 0.1) is 5.82 Å². The van der Waals surface area contributed by atoms with Crippen LogP contribution in [0.4, 0.5) is 4.39 Å². The summed E-state index contributed by atoms with van der Waals surface area (Å²) in [6, 6.07) is 14.4. The highest BCUT2D eigenvalue weighted by molar-refractivity contribution is 5.69. The zero-order valence-corrected chi connectivity index (χ0v) is 15.7. The molecule has 3 nitrogen and oxygen atoms in total. The Morgan fingerprint density at radius 2 is 1.67 bits per heavy atom. The third-order valence-corrected chi connectivity index (χ3v) is 4.84. The van der Waals surface area contributed by atoms with Crippen molar-refractivity contribution in [3.63, 3.8) is 0 Å². The summed E-state index contributed by atoms with van der Waals surface area (Å²) in [4.78, 5) is 2.34. The Morgan fingerprint density at radius 1 is 1.00 bits per heavy atom. The molecular formula is C23H28FNO2. The monoisotopic (exact) mass is 369 g/mol. The van der Waals surface area contributed by atoms with Crippen molar-refractivity contribution >= 4 is 12.2 Å². The minimum atomic E-state index is -0.220. The quantitative estimate of drug-likeness (QED) is 0.545. The first-order valence-electron chi connectivity index (χ1n) is 9.76. The average Bonchev–Trinajstić information content (AvgIpc) is 2.68. The molecule has 2 aromatic rings. The third kappa shape index (κ3) is 6.81. The van der Waals surface area contributed by atoms with Gasteiger partial charge in [-0.2, -0.15) is 0 Å². The largest absolute Gasteiger partial charge is 0.494 e. The van der Waals surface area contributed by atoms with Gasteiger partial charge in [0.05, 0.1) is 12.7 Å². The van der Waals surface area contributed by atoms with Gasteiger partial charge in [-0.05, 0) is 74.2 Å². The van der Waals surface area contributed by atoms with Gasteiger partial charge in [-0.15, -0.1) is 0 Å². The van der Waals surface area contributed by atoms with E-state index in [0.29, 0.717) is 6.61 Å². The lowest BCUT2D eigenvalue weighted by Gasteiger charge is -2.29. The molecule has 0 amide bonds. The van der Waals surface area contributed by atoms with E-state index in [9.17, 15) is 9.50 Å². The smallest absolute Gasteiger partial charge is 0.123 e. The summed E-state index contributed by atoms with van der Waals surface area (Å²) in [5.41, 5.74) is 2.05. The number of piperidine rings is 1. The Bertz CT molecular complexity index is 712. The fourth-order valence-corrected chi connectivity index (χ4v) is 3.30. The number of β-amino-alcohol motifs (C(OH)–C–C–N with tert-alkyl or cyclic N) is 1. The molecule has 1 fully saturated rings. The van der Waals surface area contributed by atoms with Gasteiger partial charge in [0.1, 0.15) is 11.6 Å². The highest BCUT2D eigenvalue weighted by atomic mass is 19.1. The van der Waals surface area contributed by atoms with Crippen molar-refractivity contribution in [1.82, 2.24) is 4.90 Å². The summed E-state index contributed by atoms with van der Waals surface area (Å²) in [6.45, 7) is 3.66. The molecule has 27 heavy (non-hydrogen) atoms. The van der Waals surface area contributed by atoms with E-state index >= 15 is 0 Å². The lowest BCUT2D eigenvalue weighted by molar-refractivity contribution is 0.0693. The molecule has 144 valence electrons. The molecule has 0 radical (unpaired) electrons. The van der Waals surface area contributed by atoms with Crippen LogP contribution in [0.25, 0.3) is 12.2 Å². The molecule has 1 saturated heterocycles. The second kappa shape index (κ2) is 10.2. The van der Waals surface area contributed by atoms with Crippen LogP contribution < -0.4 is 4.74 Å². The second-order valence-corrected chi connectivity index (χ2v) is 7.11. The van der Waals surface area contributed by atoms with Gasteiger partial charge in [0.25, 0.3) is 0 Å². The van der Waals surface area contributed by atoms with Gasteiger partial charge < -0.3 is 14.7 Å². The molecule has 0 aromatic heterocycles. The molecule has 1 aliphatic heterocycles. The fourth-order valence-electron chi connectivity index (χ4n) is 3.30. The number of aliphatic hydroxyl groups is 1. The molecule has 1 atom stereocenters. The van der Waals surface area contributed by atoms with E-state index in [4.69, 9.17) is 4.74 Å². The van der Waals surface area contributed by atoms with E-state index in [0.717, 1.165) is 62.2 Å². The number of rotatable bonds is 8. The summed E-state index contributed by atoms with van der Waals surface area (Å²) in [5.74, 6) is 0.657. The van der Waals surface area contributed by atoms with Crippen LogP contribution in [0.1, 0.15) is 36.8 Å². The fraction of sp³-hybridized carbons (Fsp3) is 0.391. The molecule has 0 spiro atoms. The van der Waals surface area contributed by atoms with Crippen molar-refractivity contribution in [3.8, 4) is 5.75 Å². The van der Waals surface area contributed by atoms with E-state index in [1.54, 1.807) is 12.1 Å². The standard InChI is InChI=1S/C23H28FNO2/c24-21-11-7-19(8-12-21)5-6-20-9-13-23(14-10-20)27-17-2-1-15-25-16-3-4-22(26)18-25/h5-14,22,26H,1-4,15-18H2. The van der Waals surface area contributed by atoms with Crippen LogP contribution in [0.15, 0.2) is 48.5 Å². The maximum absolute atomic E-state index is 12.9. The van der Waals surface area contributed by atoms with E-state index in [1.165, 1.54) is 12.1 Å². The molecule has 1 heterocycles. The highest BCUT2D eigenvalue weighted by Gasteiger charge is 2.16. The molecule has 2 aromatic carbocycles. The van der Waals surface area contributed by atoms with E-state index in [1.807, 2.05) is 36.4 Å². The number of hydrogen-bond acceptors (Lipinski definition) is 3. The third-order valence-electron chi connectivity index (χ3n) is 4.84. The van der Waals surface area contributed by atoms with Crippen LogP contribution in [-0.4, -0.2) is 42.4 Å². The SMILES string of the molecule is OC1CCCN(CCCCOc2ccc(C=Cc3ccc(F)cc3)cc2)C1.